The molecule has 0 aliphatic carbocycles. The van der Waals surface area contributed by atoms with E-state index in [4.69, 9.17) is 9.63 Å². The average Bonchev–Trinajstić information content (AvgIpc) is 2.85. The van der Waals surface area contributed by atoms with Gasteiger partial charge in [0.25, 0.3) is 11.6 Å². The summed E-state index contributed by atoms with van der Waals surface area (Å²) in [5, 5.41) is 25.5. The van der Waals surface area contributed by atoms with E-state index in [1.54, 1.807) is 6.92 Å². The highest BCUT2D eigenvalue weighted by molar-refractivity contribution is 6.04. The lowest BCUT2D eigenvalue weighted by atomic mass is 10.1. The number of benzene rings is 1. The van der Waals surface area contributed by atoms with Crippen LogP contribution in [0.2, 0.25) is 0 Å². The lowest BCUT2D eigenvalue weighted by Gasteiger charge is -2.04. The van der Waals surface area contributed by atoms with Gasteiger partial charge in [0.1, 0.15) is 11.4 Å². The number of carbonyl (C=O) groups is 2. The van der Waals surface area contributed by atoms with Crippen molar-refractivity contribution < 1.29 is 24.1 Å². The Bertz CT molecular complexity index is 736. The van der Waals surface area contributed by atoms with Crippen LogP contribution in [0.4, 0.5) is 11.4 Å². The number of aromatic carboxylic acids is 1. The van der Waals surface area contributed by atoms with E-state index in [1.165, 1.54) is 6.07 Å². The van der Waals surface area contributed by atoms with E-state index in [-0.39, 0.29) is 16.9 Å². The van der Waals surface area contributed by atoms with E-state index < -0.39 is 22.5 Å². The maximum absolute atomic E-state index is 11.8. The number of carbonyl (C=O) groups excluding carboxylic acids is 1. The Morgan fingerprint density at radius 1 is 1.38 bits per heavy atom. The van der Waals surface area contributed by atoms with Crippen molar-refractivity contribution in [3.8, 4) is 0 Å². The number of nitro groups is 1. The number of amides is 1. The number of anilines is 1. The van der Waals surface area contributed by atoms with Crippen LogP contribution in [0.5, 0.6) is 0 Å². The number of nitrogens with zero attached hydrogens (tertiary/aromatic N) is 2. The minimum absolute atomic E-state index is 0.0379. The Hall–Kier alpha value is -3.23. The quantitative estimate of drug-likeness (QED) is 0.647. The Morgan fingerprint density at radius 3 is 2.62 bits per heavy atom. The second-order valence-corrected chi connectivity index (χ2v) is 4.07. The van der Waals surface area contributed by atoms with Crippen LogP contribution in [0.1, 0.15) is 26.6 Å². The predicted molar refractivity (Wildman–Crippen MR) is 69.2 cm³/mol. The summed E-state index contributed by atoms with van der Waals surface area (Å²) in [4.78, 5) is 32.8. The molecule has 9 nitrogen and oxygen atoms in total. The summed E-state index contributed by atoms with van der Waals surface area (Å²) in [6.07, 6.45) is 0. The largest absolute Gasteiger partial charge is 0.478 e. The lowest BCUT2D eigenvalue weighted by molar-refractivity contribution is -0.383. The van der Waals surface area contributed by atoms with Crippen molar-refractivity contribution in [2.75, 3.05) is 5.32 Å². The van der Waals surface area contributed by atoms with Crippen LogP contribution >= 0.6 is 0 Å². The summed E-state index contributed by atoms with van der Waals surface area (Å²) in [5.74, 6) is -1.59. The molecule has 1 aromatic heterocycles. The Labute approximate surface area is 117 Å². The zero-order valence-electron chi connectivity index (χ0n) is 10.7. The fourth-order valence-electron chi connectivity index (χ4n) is 1.58. The van der Waals surface area contributed by atoms with Gasteiger partial charge in [0.05, 0.1) is 10.5 Å². The number of nitrogens with one attached hydrogen (secondary N) is 1. The number of carboxylic acid groups (broad SMARTS) is 1. The van der Waals surface area contributed by atoms with Crippen molar-refractivity contribution in [1.29, 1.82) is 0 Å². The van der Waals surface area contributed by atoms with E-state index >= 15 is 0 Å². The molecule has 1 heterocycles. The van der Waals surface area contributed by atoms with Crippen molar-refractivity contribution in [3.05, 3.63) is 51.4 Å². The van der Waals surface area contributed by atoms with E-state index in [1.807, 2.05) is 0 Å². The summed E-state index contributed by atoms with van der Waals surface area (Å²) in [5.41, 5.74) is -0.944. The van der Waals surface area contributed by atoms with E-state index in [0.717, 1.165) is 18.2 Å². The van der Waals surface area contributed by atoms with Crippen LogP contribution in [0.3, 0.4) is 0 Å². The third-order valence-electron chi connectivity index (χ3n) is 2.55. The number of hydrogen-bond acceptors (Lipinski definition) is 6. The third-order valence-corrected chi connectivity index (χ3v) is 2.55. The second-order valence-electron chi connectivity index (χ2n) is 4.07. The van der Waals surface area contributed by atoms with Crippen LogP contribution in [-0.2, 0) is 0 Å². The first kappa shape index (κ1) is 14.2. The maximum Gasteiger partial charge on any atom is 0.335 e. The standard InChI is InChI=1S/C12H9N3O6/c1-6-4-9(14-21-6)11(16)13-8-3-2-7(12(17)18)5-10(8)15(19)20/h2-5H,1H3,(H,13,16)(H,17,18). The van der Waals surface area contributed by atoms with Crippen LogP contribution < -0.4 is 5.32 Å². The van der Waals surface area contributed by atoms with E-state index in [0.29, 0.717) is 5.76 Å². The second kappa shape index (κ2) is 5.41. The van der Waals surface area contributed by atoms with Gasteiger partial charge in [-0.25, -0.2) is 4.79 Å². The van der Waals surface area contributed by atoms with Gasteiger partial charge in [0, 0.05) is 12.1 Å². The molecule has 2 rings (SSSR count). The fraction of sp³-hybridized carbons (Fsp3) is 0.0833. The van der Waals surface area contributed by atoms with Crippen LogP contribution in [-0.4, -0.2) is 27.1 Å². The van der Waals surface area contributed by atoms with Crippen LogP contribution in [0.15, 0.2) is 28.8 Å². The van der Waals surface area contributed by atoms with Gasteiger partial charge in [-0.2, -0.15) is 0 Å². The molecule has 1 amide bonds. The molecule has 0 radical (unpaired) electrons. The smallest absolute Gasteiger partial charge is 0.335 e. The average molecular weight is 291 g/mol. The molecule has 108 valence electrons. The van der Waals surface area contributed by atoms with Gasteiger partial charge in [-0.1, -0.05) is 5.16 Å². The minimum Gasteiger partial charge on any atom is -0.478 e. The fourth-order valence-corrected chi connectivity index (χ4v) is 1.58. The molecule has 0 saturated heterocycles. The number of aromatic nitrogens is 1. The van der Waals surface area contributed by atoms with Gasteiger partial charge in [0.2, 0.25) is 0 Å². The molecule has 1 aromatic carbocycles. The number of carboxylic acids is 1. The maximum atomic E-state index is 11.8. The highest BCUT2D eigenvalue weighted by atomic mass is 16.6. The molecule has 9 heteroatoms. The molecule has 2 N–H and O–H groups in total. The Kier molecular flexibility index (Phi) is 3.65. The van der Waals surface area contributed by atoms with Crippen molar-refractivity contribution in [2.24, 2.45) is 0 Å². The summed E-state index contributed by atoms with van der Waals surface area (Å²) in [6.45, 7) is 1.59. The van der Waals surface area contributed by atoms with Gasteiger partial charge in [0.15, 0.2) is 5.69 Å². The first-order valence-corrected chi connectivity index (χ1v) is 5.65. The molecule has 0 aliphatic rings. The normalized spacial score (nSPS) is 10.1. The van der Waals surface area contributed by atoms with Crippen molar-refractivity contribution in [1.82, 2.24) is 5.16 Å². The van der Waals surface area contributed by atoms with Crippen LogP contribution in [0.25, 0.3) is 0 Å². The van der Waals surface area contributed by atoms with Crippen molar-refractivity contribution in [3.63, 3.8) is 0 Å². The zero-order valence-corrected chi connectivity index (χ0v) is 10.7. The summed E-state index contributed by atoms with van der Waals surface area (Å²) in [6, 6.07) is 4.53. The van der Waals surface area contributed by atoms with Gasteiger partial charge in [-0.3, -0.25) is 14.9 Å². The zero-order chi connectivity index (χ0) is 15.6. The molecule has 0 unspecified atom stereocenters. The number of nitro benzene ring substituents is 1. The summed E-state index contributed by atoms with van der Waals surface area (Å²) >= 11 is 0. The molecular weight excluding hydrogens is 282 g/mol. The molecule has 0 atom stereocenters. The molecule has 0 fully saturated rings. The minimum atomic E-state index is -1.30. The van der Waals surface area contributed by atoms with E-state index in [2.05, 4.69) is 10.5 Å². The van der Waals surface area contributed by atoms with Crippen LogP contribution in [0, 0.1) is 17.0 Å². The van der Waals surface area contributed by atoms with Gasteiger partial charge in [-0.05, 0) is 19.1 Å². The lowest BCUT2D eigenvalue weighted by Crippen LogP contribution is -2.14. The van der Waals surface area contributed by atoms with Crippen molar-refractivity contribution >= 4 is 23.3 Å². The first-order chi connectivity index (χ1) is 9.88. The molecule has 0 spiro atoms. The molecule has 0 bridgehead atoms. The molecule has 21 heavy (non-hydrogen) atoms. The third kappa shape index (κ3) is 3.03. The van der Waals surface area contributed by atoms with Crippen molar-refractivity contribution in [2.45, 2.75) is 6.92 Å². The Morgan fingerprint density at radius 2 is 2.10 bits per heavy atom. The van der Waals surface area contributed by atoms with Gasteiger partial charge in [-0.15, -0.1) is 0 Å². The summed E-state index contributed by atoms with van der Waals surface area (Å²) < 4.78 is 4.73. The number of aryl methyl sites for hydroxylation is 1. The summed E-state index contributed by atoms with van der Waals surface area (Å²) in [7, 11) is 0. The van der Waals surface area contributed by atoms with E-state index in [9.17, 15) is 19.7 Å². The number of hydrogen-bond donors (Lipinski definition) is 2. The van der Waals surface area contributed by atoms with Gasteiger partial charge < -0.3 is 14.9 Å². The topological polar surface area (TPSA) is 136 Å². The Balaban J connectivity index is 2.33. The monoisotopic (exact) mass is 291 g/mol. The molecular formula is C12H9N3O6. The van der Waals surface area contributed by atoms with Gasteiger partial charge >= 0.3 is 5.97 Å². The SMILES string of the molecule is Cc1cc(C(=O)Nc2ccc(C(=O)O)cc2[N+](=O)[O-])no1. The number of rotatable bonds is 4. The first-order valence-electron chi connectivity index (χ1n) is 5.65. The highest BCUT2D eigenvalue weighted by Crippen LogP contribution is 2.26. The highest BCUT2D eigenvalue weighted by Gasteiger charge is 2.20. The molecule has 0 aliphatic heterocycles. The molecule has 0 saturated carbocycles. The molecule has 2 aromatic rings. The predicted octanol–water partition coefficient (Wildman–Crippen LogP) is 1.84.